The molecule has 3 fully saturated rings. The van der Waals surface area contributed by atoms with Crippen LogP contribution in [0.3, 0.4) is 0 Å². The maximum absolute atomic E-state index is 12.7. The number of ether oxygens (including phenoxy) is 1. The normalized spacial score (nSPS) is 30.2. The molecule has 148 valence electrons. The average Bonchev–Trinajstić information content (AvgIpc) is 3.20. The lowest BCUT2D eigenvalue weighted by molar-refractivity contribution is -0.394. The molecule has 2 amide bonds. The maximum Gasteiger partial charge on any atom is 0.412 e. The molecule has 4 atom stereocenters. The van der Waals surface area contributed by atoms with Crippen LogP contribution in [-0.2, 0) is 9.53 Å². The van der Waals surface area contributed by atoms with Crippen LogP contribution in [0, 0.1) is 32.1 Å². The number of carbonyl (C=O) groups excluding carboxylic acids is 2. The van der Waals surface area contributed by atoms with Crippen LogP contribution in [0.25, 0.3) is 0 Å². The lowest BCUT2D eigenvalue weighted by Gasteiger charge is -2.31. The fraction of sp³-hybridized carbons (Fsp3) is 0.529. The highest BCUT2D eigenvalue weighted by Crippen LogP contribution is 2.56. The van der Waals surface area contributed by atoms with Crippen molar-refractivity contribution in [2.75, 3.05) is 11.9 Å². The summed E-state index contributed by atoms with van der Waals surface area (Å²) >= 11 is 0. The van der Waals surface area contributed by atoms with Crippen molar-refractivity contribution in [3.8, 4) is 0 Å². The van der Waals surface area contributed by atoms with Gasteiger partial charge >= 0.3 is 6.09 Å². The first-order valence-corrected chi connectivity index (χ1v) is 8.95. The molecule has 0 bridgehead atoms. The van der Waals surface area contributed by atoms with Gasteiger partial charge in [0.2, 0.25) is 0 Å². The topological polar surface area (TPSA) is 145 Å². The van der Waals surface area contributed by atoms with Crippen LogP contribution in [-0.4, -0.2) is 44.9 Å². The Bertz CT molecular complexity index is 871. The van der Waals surface area contributed by atoms with Crippen LogP contribution in [0.1, 0.15) is 26.2 Å². The monoisotopic (exact) mass is 390 g/mol. The molecule has 1 saturated carbocycles. The van der Waals surface area contributed by atoms with Gasteiger partial charge in [-0.25, -0.2) is 4.79 Å². The third-order valence-corrected chi connectivity index (χ3v) is 6.37. The van der Waals surface area contributed by atoms with Crippen molar-refractivity contribution in [3.05, 3.63) is 38.4 Å². The number of carbonyl (C=O) groups is 2. The first kappa shape index (κ1) is 18.1. The van der Waals surface area contributed by atoms with Crippen molar-refractivity contribution < 1.29 is 24.2 Å². The molecule has 0 radical (unpaired) electrons. The lowest BCUT2D eigenvalue weighted by Crippen LogP contribution is -2.42. The highest BCUT2D eigenvalue weighted by Gasteiger charge is 2.65. The predicted octanol–water partition coefficient (Wildman–Crippen LogP) is 2.45. The fourth-order valence-electron chi connectivity index (χ4n) is 5.06. The molecule has 3 aliphatic rings. The van der Waals surface area contributed by atoms with Crippen molar-refractivity contribution in [1.82, 2.24) is 4.90 Å². The minimum atomic E-state index is -0.971. The van der Waals surface area contributed by atoms with Gasteiger partial charge in [-0.15, -0.1) is 0 Å². The van der Waals surface area contributed by atoms with Gasteiger partial charge in [-0.2, -0.15) is 0 Å². The van der Waals surface area contributed by atoms with Gasteiger partial charge in [0, 0.05) is 30.1 Å². The minimum Gasteiger partial charge on any atom is -0.435 e. The van der Waals surface area contributed by atoms with Gasteiger partial charge in [0.1, 0.15) is 0 Å². The molecule has 0 unspecified atom stereocenters. The standard InChI is InChI=1S/C17H18N4O7/c1-17-9-2-3-13(17)14(15(22)19(17)5-4-9)28-16(23)18-10-6-11(20(24)25)8-12(7-10)21(26)27/h6-9,13-14H,2-5H2,1H3,(H,18,23)/t9-,13+,14-,17+/m1/s1. The summed E-state index contributed by atoms with van der Waals surface area (Å²) in [7, 11) is 0. The van der Waals surface area contributed by atoms with Crippen LogP contribution in [0.2, 0.25) is 0 Å². The van der Waals surface area contributed by atoms with E-state index in [1.807, 2.05) is 6.92 Å². The number of rotatable bonds is 4. The zero-order chi connectivity index (χ0) is 20.2. The largest absolute Gasteiger partial charge is 0.435 e. The second-order valence-corrected chi connectivity index (χ2v) is 7.59. The van der Waals surface area contributed by atoms with Crippen LogP contribution >= 0.6 is 0 Å². The molecule has 1 N–H and O–H groups in total. The Kier molecular flexibility index (Phi) is 3.98. The van der Waals surface area contributed by atoms with E-state index in [0.717, 1.165) is 37.5 Å². The molecule has 2 saturated heterocycles. The summed E-state index contributed by atoms with van der Waals surface area (Å²) in [4.78, 5) is 47.2. The summed E-state index contributed by atoms with van der Waals surface area (Å²) in [6.07, 6.45) is 0.827. The van der Waals surface area contributed by atoms with E-state index in [1.165, 1.54) is 0 Å². The van der Waals surface area contributed by atoms with E-state index < -0.39 is 33.4 Å². The van der Waals surface area contributed by atoms with Gasteiger partial charge in [-0.1, -0.05) is 0 Å². The predicted molar refractivity (Wildman–Crippen MR) is 94.6 cm³/mol. The Morgan fingerprint density at radius 1 is 1.18 bits per heavy atom. The fourth-order valence-corrected chi connectivity index (χ4v) is 5.06. The number of hydrogen-bond acceptors (Lipinski definition) is 7. The molecule has 0 aromatic heterocycles. The average molecular weight is 390 g/mol. The highest BCUT2D eigenvalue weighted by atomic mass is 16.6. The molecule has 28 heavy (non-hydrogen) atoms. The minimum absolute atomic E-state index is 0.0994. The summed E-state index contributed by atoms with van der Waals surface area (Å²) in [5.74, 6) is 0.0742. The van der Waals surface area contributed by atoms with Crippen molar-refractivity contribution in [2.45, 2.75) is 37.8 Å². The number of nitrogens with one attached hydrogen (secondary N) is 1. The zero-order valence-corrected chi connectivity index (χ0v) is 15.0. The summed E-state index contributed by atoms with van der Waals surface area (Å²) in [6, 6.07) is 2.79. The second-order valence-electron chi connectivity index (χ2n) is 7.59. The number of non-ortho nitro benzene ring substituents is 2. The van der Waals surface area contributed by atoms with Crippen molar-refractivity contribution in [3.63, 3.8) is 0 Å². The number of benzene rings is 1. The quantitative estimate of drug-likeness (QED) is 0.614. The van der Waals surface area contributed by atoms with E-state index in [1.54, 1.807) is 4.90 Å². The Labute approximate surface area is 158 Å². The lowest BCUT2D eigenvalue weighted by atomic mass is 9.84. The Hall–Kier alpha value is -3.24. The maximum atomic E-state index is 12.7. The molecule has 1 aliphatic carbocycles. The van der Waals surface area contributed by atoms with E-state index >= 15 is 0 Å². The van der Waals surface area contributed by atoms with E-state index in [0.29, 0.717) is 12.5 Å². The molecule has 11 heteroatoms. The second kappa shape index (κ2) is 6.14. The number of nitro groups is 2. The van der Waals surface area contributed by atoms with E-state index in [9.17, 15) is 29.8 Å². The molecule has 2 heterocycles. The van der Waals surface area contributed by atoms with E-state index in [4.69, 9.17) is 4.74 Å². The molecule has 2 aliphatic heterocycles. The summed E-state index contributed by atoms with van der Waals surface area (Å²) in [5.41, 5.74) is -1.51. The smallest absolute Gasteiger partial charge is 0.412 e. The number of amides is 2. The van der Waals surface area contributed by atoms with Crippen LogP contribution in [0.15, 0.2) is 18.2 Å². The number of anilines is 1. The van der Waals surface area contributed by atoms with Gasteiger partial charge in [0.05, 0.1) is 21.6 Å². The summed E-state index contributed by atoms with van der Waals surface area (Å²) < 4.78 is 5.38. The molecular formula is C17H18N4O7. The van der Waals surface area contributed by atoms with Crippen LogP contribution in [0.5, 0.6) is 0 Å². The molecular weight excluding hydrogens is 372 g/mol. The summed E-state index contributed by atoms with van der Waals surface area (Å²) in [5, 5.41) is 24.2. The van der Waals surface area contributed by atoms with E-state index in [-0.39, 0.29) is 23.1 Å². The van der Waals surface area contributed by atoms with Gasteiger partial charge < -0.3 is 9.64 Å². The molecule has 11 nitrogen and oxygen atoms in total. The van der Waals surface area contributed by atoms with Crippen LogP contribution in [0.4, 0.5) is 21.9 Å². The van der Waals surface area contributed by atoms with Gasteiger partial charge in [-0.05, 0) is 32.1 Å². The number of nitro benzene ring substituents is 2. The Morgan fingerprint density at radius 3 is 2.43 bits per heavy atom. The zero-order valence-electron chi connectivity index (χ0n) is 15.0. The number of nitrogens with zero attached hydrogens (tertiary/aromatic N) is 3. The third-order valence-electron chi connectivity index (χ3n) is 6.37. The van der Waals surface area contributed by atoms with Crippen molar-refractivity contribution in [1.29, 1.82) is 0 Å². The van der Waals surface area contributed by atoms with Crippen molar-refractivity contribution >= 4 is 29.1 Å². The summed E-state index contributed by atoms with van der Waals surface area (Å²) in [6.45, 7) is 2.68. The Morgan fingerprint density at radius 2 is 1.82 bits per heavy atom. The molecule has 1 aromatic carbocycles. The van der Waals surface area contributed by atoms with Crippen molar-refractivity contribution in [2.24, 2.45) is 11.8 Å². The SMILES string of the molecule is C[C@]12[C@@H]3CC[C@H]1[C@@H](OC(=O)Nc1cc([N+](=O)[O-])cc([N+](=O)[O-])c1)C(=O)N2CC3. The van der Waals surface area contributed by atoms with Gasteiger partial charge in [0.15, 0.2) is 6.10 Å². The first-order chi connectivity index (χ1) is 13.2. The Balaban J connectivity index is 1.52. The van der Waals surface area contributed by atoms with Crippen LogP contribution < -0.4 is 5.32 Å². The van der Waals surface area contributed by atoms with Gasteiger partial charge in [-0.3, -0.25) is 30.3 Å². The first-order valence-electron chi connectivity index (χ1n) is 8.95. The highest BCUT2D eigenvalue weighted by molar-refractivity contribution is 5.91. The molecule has 4 rings (SSSR count). The van der Waals surface area contributed by atoms with Gasteiger partial charge in [0.25, 0.3) is 17.3 Å². The van der Waals surface area contributed by atoms with E-state index in [2.05, 4.69) is 5.32 Å². The molecule has 1 aromatic rings. The number of hydrogen-bond donors (Lipinski definition) is 1. The third kappa shape index (κ3) is 2.57. The molecule has 0 spiro atoms.